The van der Waals surface area contributed by atoms with E-state index in [2.05, 4.69) is 12.2 Å². The van der Waals surface area contributed by atoms with E-state index in [0.717, 1.165) is 36.4 Å². The Morgan fingerprint density at radius 2 is 1.88 bits per heavy atom. The predicted molar refractivity (Wildman–Crippen MR) is 103 cm³/mol. The second-order valence-electron chi connectivity index (χ2n) is 5.15. The van der Waals surface area contributed by atoms with Gasteiger partial charge in [0.05, 0.1) is 7.11 Å². The van der Waals surface area contributed by atoms with Crippen molar-refractivity contribution in [3.63, 3.8) is 0 Å². The van der Waals surface area contributed by atoms with E-state index >= 15 is 0 Å². The van der Waals surface area contributed by atoms with Crippen LogP contribution in [0.1, 0.15) is 24.5 Å². The van der Waals surface area contributed by atoms with Gasteiger partial charge in [-0.05, 0) is 31.2 Å². The number of hydrogen-bond acceptors (Lipinski definition) is 3. The SMILES string of the molecule is CCCNCc1cccc(OC)c1OCc1ccc(Cl)cc1Cl.Cl. The minimum Gasteiger partial charge on any atom is -0.493 e. The maximum Gasteiger partial charge on any atom is 0.166 e. The summed E-state index contributed by atoms with van der Waals surface area (Å²) in [6, 6.07) is 11.3. The van der Waals surface area contributed by atoms with Crippen molar-refractivity contribution in [2.45, 2.75) is 26.5 Å². The second kappa shape index (κ2) is 10.7. The number of nitrogens with one attached hydrogen (secondary N) is 1. The first kappa shape index (κ1) is 20.9. The van der Waals surface area contributed by atoms with E-state index in [4.69, 9.17) is 32.7 Å². The second-order valence-corrected chi connectivity index (χ2v) is 5.99. The number of methoxy groups -OCH3 is 1. The molecule has 0 radical (unpaired) electrons. The summed E-state index contributed by atoms with van der Waals surface area (Å²) in [7, 11) is 1.64. The summed E-state index contributed by atoms with van der Waals surface area (Å²) in [4.78, 5) is 0. The summed E-state index contributed by atoms with van der Waals surface area (Å²) in [5.41, 5.74) is 1.94. The molecule has 0 aliphatic rings. The molecule has 2 rings (SSSR count). The maximum absolute atomic E-state index is 6.20. The molecule has 6 heteroatoms. The first-order chi connectivity index (χ1) is 11.2. The molecule has 2 aromatic carbocycles. The smallest absolute Gasteiger partial charge is 0.166 e. The molecule has 1 N–H and O–H groups in total. The van der Waals surface area contributed by atoms with Crippen LogP contribution in [0.2, 0.25) is 10.0 Å². The van der Waals surface area contributed by atoms with E-state index < -0.39 is 0 Å². The van der Waals surface area contributed by atoms with Crippen molar-refractivity contribution in [2.75, 3.05) is 13.7 Å². The van der Waals surface area contributed by atoms with Gasteiger partial charge in [-0.25, -0.2) is 0 Å². The molecule has 0 aliphatic heterocycles. The normalized spacial score (nSPS) is 10.2. The molecular weight excluding hydrogens is 369 g/mol. The van der Waals surface area contributed by atoms with Gasteiger partial charge in [0.2, 0.25) is 0 Å². The third kappa shape index (κ3) is 5.75. The third-order valence-corrected chi connectivity index (χ3v) is 4.00. The molecule has 3 nitrogen and oxygen atoms in total. The third-order valence-electron chi connectivity index (χ3n) is 3.41. The molecule has 0 aromatic heterocycles. The summed E-state index contributed by atoms with van der Waals surface area (Å²) >= 11 is 12.1. The topological polar surface area (TPSA) is 30.5 Å². The van der Waals surface area contributed by atoms with Gasteiger partial charge >= 0.3 is 0 Å². The van der Waals surface area contributed by atoms with Crippen molar-refractivity contribution in [3.8, 4) is 11.5 Å². The summed E-state index contributed by atoms with van der Waals surface area (Å²) in [5.74, 6) is 1.45. The van der Waals surface area contributed by atoms with E-state index in [1.54, 1.807) is 19.2 Å². The first-order valence-electron chi connectivity index (χ1n) is 7.59. The van der Waals surface area contributed by atoms with Crippen LogP contribution in [0.25, 0.3) is 0 Å². The lowest BCUT2D eigenvalue weighted by molar-refractivity contribution is 0.280. The van der Waals surface area contributed by atoms with Gasteiger partial charge in [-0.3, -0.25) is 0 Å². The fourth-order valence-electron chi connectivity index (χ4n) is 2.21. The Hall–Kier alpha value is -1.13. The molecule has 0 spiro atoms. The molecule has 0 aliphatic carbocycles. The zero-order chi connectivity index (χ0) is 16.7. The van der Waals surface area contributed by atoms with Gasteiger partial charge in [-0.2, -0.15) is 0 Å². The highest BCUT2D eigenvalue weighted by Gasteiger charge is 2.11. The standard InChI is InChI=1S/C18H21Cl2NO2.ClH/c1-3-9-21-11-13-5-4-6-17(22-2)18(13)23-12-14-7-8-15(19)10-16(14)20;/h4-8,10,21H,3,9,11-12H2,1-2H3;1H. The van der Waals surface area contributed by atoms with Crippen LogP contribution in [-0.2, 0) is 13.2 Å². The lowest BCUT2D eigenvalue weighted by atomic mass is 10.1. The zero-order valence-electron chi connectivity index (χ0n) is 13.8. The predicted octanol–water partition coefficient (Wildman–Crippen LogP) is 5.50. The van der Waals surface area contributed by atoms with Gasteiger partial charge in [0, 0.05) is 27.7 Å². The van der Waals surface area contributed by atoms with Crippen molar-refractivity contribution in [3.05, 3.63) is 57.6 Å². The van der Waals surface area contributed by atoms with Crippen LogP contribution in [0.3, 0.4) is 0 Å². The quantitative estimate of drug-likeness (QED) is 0.603. The maximum atomic E-state index is 6.20. The van der Waals surface area contributed by atoms with E-state index in [0.29, 0.717) is 22.4 Å². The fraction of sp³-hybridized carbons (Fsp3) is 0.333. The molecule has 0 bridgehead atoms. The highest BCUT2D eigenvalue weighted by Crippen LogP contribution is 2.32. The van der Waals surface area contributed by atoms with Gasteiger partial charge in [-0.1, -0.05) is 48.3 Å². The van der Waals surface area contributed by atoms with E-state index in [1.165, 1.54) is 0 Å². The molecule has 0 saturated heterocycles. The Balaban J connectivity index is 0.00000288. The molecule has 0 fully saturated rings. The summed E-state index contributed by atoms with van der Waals surface area (Å²) in [5, 5.41) is 4.59. The molecule has 0 amide bonds. The van der Waals surface area contributed by atoms with Gasteiger partial charge in [-0.15, -0.1) is 12.4 Å². The molecule has 0 saturated carbocycles. The minimum atomic E-state index is 0. The van der Waals surface area contributed by atoms with Crippen LogP contribution in [0.5, 0.6) is 11.5 Å². The van der Waals surface area contributed by atoms with Crippen LogP contribution in [0.15, 0.2) is 36.4 Å². The average molecular weight is 391 g/mol. The Morgan fingerprint density at radius 1 is 1.08 bits per heavy atom. The largest absolute Gasteiger partial charge is 0.493 e. The number of benzene rings is 2. The molecular formula is C18H22Cl3NO2. The lowest BCUT2D eigenvalue weighted by Crippen LogP contribution is -2.15. The lowest BCUT2D eigenvalue weighted by Gasteiger charge is -2.16. The monoisotopic (exact) mass is 389 g/mol. The van der Waals surface area contributed by atoms with Crippen molar-refractivity contribution < 1.29 is 9.47 Å². The molecule has 2 aromatic rings. The number of para-hydroxylation sites is 1. The van der Waals surface area contributed by atoms with Crippen LogP contribution in [0.4, 0.5) is 0 Å². The molecule has 0 heterocycles. The fourth-order valence-corrected chi connectivity index (χ4v) is 2.68. The molecule has 132 valence electrons. The summed E-state index contributed by atoms with van der Waals surface area (Å²) in [6.45, 7) is 4.18. The summed E-state index contributed by atoms with van der Waals surface area (Å²) < 4.78 is 11.4. The van der Waals surface area contributed by atoms with Crippen molar-refractivity contribution in [1.29, 1.82) is 0 Å². The average Bonchev–Trinajstić information content (AvgIpc) is 2.55. The van der Waals surface area contributed by atoms with E-state index in [-0.39, 0.29) is 12.4 Å². The van der Waals surface area contributed by atoms with Crippen molar-refractivity contribution >= 4 is 35.6 Å². The highest BCUT2D eigenvalue weighted by atomic mass is 35.5. The molecule has 24 heavy (non-hydrogen) atoms. The van der Waals surface area contributed by atoms with Crippen LogP contribution >= 0.6 is 35.6 Å². The van der Waals surface area contributed by atoms with E-state index in [1.807, 2.05) is 24.3 Å². The Morgan fingerprint density at radius 3 is 2.54 bits per heavy atom. The van der Waals surface area contributed by atoms with Gasteiger partial charge in [0.1, 0.15) is 6.61 Å². The van der Waals surface area contributed by atoms with Crippen LogP contribution in [0, 0.1) is 0 Å². The van der Waals surface area contributed by atoms with Gasteiger partial charge in [0.15, 0.2) is 11.5 Å². The van der Waals surface area contributed by atoms with E-state index in [9.17, 15) is 0 Å². The Labute approximate surface area is 159 Å². The van der Waals surface area contributed by atoms with Gasteiger partial charge in [0.25, 0.3) is 0 Å². The van der Waals surface area contributed by atoms with Crippen LogP contribution in [-0.4, -0.2) is 13.7 Å². The van der Waals surface area contributed by atoms with Crippen LogP contribution < -0.4 is 14.8 Å². The molecule has 0 unspecified atom stereocenters. The zero-order valence-corrected chi connectivity index (χ0v) is 16.1. The van der Waals surface area contributed by atoms with Crippen molar-refractivity contribution in [1.82, 2.24) is 5.32 Å². The molecule has 0 atom stereocenters. The number of hydrogen-bond donors (Lipinski definition) is 1. The summed E-state index contributed by atoms with van der Waals surface area (Å²) in [6.07, 6.45) is 1.08. The highest BCUT2D eigenvalue weighted by molar-refractivity contribution is 6.35. The number of rotatable bonds is 8. The Bertz CT molecular complexity index is 650. The number of ether oxygens (including phenoxy) is 2. The van der Waals surface area contributed by atoms with Crippen molar-refractivity contribution in [2.24, 2.45) is 0 Å². The van der Waals surface area contributed by atoms with Gasteiger partial charge < -0.3 is 14.8 Å². The Kier molecular flexibility index (Phi) is 9.30. The first-order valence-corrected chi connectivity index (χ1v) is 8.34. The minimum absolute atomic E-state index is 0. The number of halogens is 3.